The van der Waals surface area contributed by atoms with Gasteiger partial charge in [0.2, 0.25) is 0 Å². The van der Waals surface area contributed by atoms with Crippen LogP contribution >= 0.6 is 0 Å². The summed E-state index contributed by atoms with van der Waals surface area (Å²) in [6, 6.07) is 0.600. The Hall–Kier alpha value is -0.870. The van der Waals surface area contributed by atoms with E-state index in [1.54, 1.807) is 0 Å². The lowest BCUT2D eigenvalue weighted by molar-refractivity contribution is 0.260. The molecule has 1 N–H and O–H groups in total. The van der Waals surface area contributed by atoms with E-state index in [1.165, 1.54) is 17.2 Å². The van der Waals surface area contributed by atoms with Gasteiger partial charge in [-0.25, -0.2) is 4.98 Å². The van der Waals surface area contributed by atoms with E-state index in [0.29, 0.717) is 12.0 Å². The van der Waals surface area contributed by atoms with Crippen molar-refractivity contribution in [1.82, 2.24) is 19.8 Å². The number of likely N-dealkylation sites (N-methyl/N-ethyl adjacent to an activating group) is 1. The minimum atomic E-state index is 0.495. The maximum absolute atomic E-state index is 4.85. The summed E-state index contributed by atoms with van der Waals surface area (Å²) in [5, 5.41) is 3.42. The van der Waals surface area contributed by atoms with Crippen LogP contribution in [0.4, 0.5) is 0 Å². The Kier molecular flexibility index (Phi) is 4.63. The quantitative estimate of drug-likeness (QED) is 0.883. The second kappa shape index (κ2) is 6.06. The Labute approximate surface area is 117 Å². The molecule has 0 aromatic carbocycles. The fourth-order valence-corrected chi connectivity index (χ4v) is 2.60. The number of rotatable bonds is 5. The Morgan fingerprint density at radius 3 is 2.68 bits per heavy atom. The molecule has 1 aromatic heterocycles. The van der Waals surface area contributed by atoms with Gasteiger partial charge in [0.25, 0.3) is 0 Å². The van der Waals surface area contributed by atoms with Crippen LogP contribution in [-0.4, -0.2) is 40.6 Å². The van der Waals surface area contributed by atoms with Crippen LogP contribution < -0.4 is 5.32 Å². The molecule has 0 bridgehead atoms. The van der Waals surface area contributed by atoms with E-state index < -0.39 is 0 Å². The maximum Gasteiger partial charge on any atom is 0.111 e. The summed E-state index contributed by atoms with van der Waals surface area (Å²) in [5.41, 5.74) is 2.72. The Morgan fingerprint density at radius 1 is 1.32 bits per heavy atom. The van der Waals surface area contributed by atoms with Gasteiger partial charge in [-0.2, -0.15) is 0 Å². The number of imidazole rings is 1. The molecule has 1 aliphatic rings. The summed E-state index contributed by atoms with van der Waals surface area (Å²) in [4.78, 5) is 7.26. The second-order valence-electron chi connectivity index (χ2n) is 6.17. The molecule has 19 heavy (non-hydrogen) atoms. The molecule has 0 unspecified atom stereocenters. The molecule has 108 valence electrons. The number of fused-ring (bicyclic) bond motifs is 1. The normalized spacial score (nSPS) is 15.6. The summed E-state index contributed by atoms with van der Waals surface area (Å²) >= 11 is 0. The molecule has 0 saturated carbocycles. The molecule has 1 aliphatic heterocycles. The fourth-order valence-electron chi connectivity index (χ4n) is 2.60. The summed E-state index contributed by atoms with van der Waals surface area (Å²) in [6.07, 6.45) is 1.11. The molecule has 1 aromatic rings. The molecule has 0 saturated heterocycles. The highest BCUT2D eigenvalue weighted by atomic mass is 15.2. The van der Waals surface area contributed by atoms with E-state index in [1.807, 2.05) is 0 Å². The summed E-state index contributed by atoms with van der Waals surface area (Å²) in [6.45, 7) is 13.1. The van der Waals surface area contributed by atoms with Gasteiger partial charge in [-0.15, -0.1) is 0 Å². The molecule has 0 radical (unpaired) electrons. The third kappa shape index (κ3) is 3.18. The first-order valence-electron chi connectivity index (χ1n) is 7.49. The summed E-state index contributed by atoms with van der Waals surface area (Å²) < 4.78 is 2.47. The van der Waals surface area contributed by atoms with Crippen LogP contribution in [0.25, 0.3) is 0 Å². The SMILES string of the molecule is CC(C)c1nc2c(n1CCN(C)C(C)C)CCNC2. The van der Waals surface area contributed by atoms with E-state index in [0.717, 1.165) is 32.6 Å². The predicted octanol–water partition coefficient (Wildman–Crippen LogP) is 1.99. The van der Waals surface area contributed by atoms with Crippen LogP contribution in [0, 0.1) is 0 Å². The van der Waals surface area contributed by atoms with Crippen LogP contribution in [-0.2, 0) is 19.5 Å². The van der Waals surface area contributed by atoms with Crippen LogP contribution in [0.2, 0.25) is 0 Å². The minimum absolute atomic E-state index is 0.495. The lowest BCUT2D eigenvalue weighted by Crippen LogP contribution is -2.31. The number of nitrogens with one attached hydrogen (secondary N) is 1. The summed E-state index contributed by atoms with van der Waals surface area (Å²) in [7, 11) is 2.20. The molecule has 0 spiro atoms. The van der Waals surface area contributed by atoms with Crippen molar-refractivity contribution < 1.29 is 0 Å². The Morgan fingerprint density at radius 2 is 2.05 bits per heavy atom. The molecule has 0 amide bonds. The maximum atomic E-state index is 4.85. The average molecular weight is 264 g/mol. The van der Waals surface area contributed by atoms with Crippen molar-refractivity contribution in [2.45, 2.75) is 59.2 Å². The van der Waals surface area contributed by atoms with E-state index >= 15 is 0 Å². The Bertz CT molecular complexity index is 420. The van der Waals surface area contributed by atoms with Crippen LogP contribution in [0.1, 0.15) is 50.8 Å². The molecule has 0 fully saturated rings. The van der Waals surface area contributed by atoms with E-state index in [9.17, 15) is 0 Å². The van der Waals surface area contributed by atoms with E-state index in [4.69, 9.17) is 4.98 Å². The molecular formula is C15H28N4. The first-order chi connectivity index (χ1) is 9.00. The molecule has 0 aliphatic carbocycles. The smallest absolute Gasteiger partial charge is 0.111 e. The van der Waals surface area contributed by atoms with Gasteiger partial charge in [-0.05, 0) is 20.9 Å². The Balaban J connectivity index is 2.19. The fraction of sp³-hybridized carbons (Fsp3) is 0.800. The molecular weight excluding hydrogens is 236 g/mol. The van der Waals surface area contributed by atoms with Gasteiger partial charge in [0.1, 0.15) is 5.82 Å². The molecule has 4 nitrogen and oxygen atoms in total. The topological polar surface area (TPSA) is 33.1 Å². The van der Waals surface area contributed by atoms with Gasteiger partial charge in [0, 0.05) is 50.3 Å². The first kappa shape index (κ1) is 14.5. The highest BCUT2D eigenvalue weighted by molar-refractivity contribution is 5.21. The van der Waals surface area contributed by atoms with Gasteiger partial charge < -0.3 is 14.8 Å². The summed E-state index contributed by atoms with van der Waals surface area (Å²) in [5.74, 6) is 1.75. The molecule has 4 heteroatoms. The van der Waals surface area contributed by atoms with E-state index in [-0.39, 0.29) is 0 Å². The van der Waals surface area contributed by atoms with Crippen LogP contribution in [0.15, 0.2) is 0 Å². The highest BCUT2D eigenvalue weighted by Crippen LogP contribution is 2.21. The number of aromatic nitrogens is 2. The largest absolute Gasteiger partial charge is 0.330 e. The zero-order chi connectivity index (χ0) is 14.0. The van der Waals surface area contributed by atoms with Crippen molar-refractivity contribution in [3.63, 3.8) is 0 Å². The molecule has 2 rings (SSSR count). The van der Waals surface area contributed by atoms with E-state index in [2.05, 4.69) is 49.5 Å². The third-order valence-electron chi connectivity index (χ3n) is 4.09. The average Bonchev–Trinajstić information content (AvgIpc) is 2.74. The van der Waals surface area contributed by atoms with Gasteiger partial charge in [-0.3, -0.25) is 0 Å². The van der Waals surface area contributed by atoms with Gasteiger partial charge in [-0.1, -0.05) is 13.8 Å². The van der Waals surface area contributed by atoms with Crippen LogP contribution in [0.3, 0.4) is 0 Å². The van der Waals surface area contributed by atoms with Crippen molar-refractivity contribution in [1.29, 1.82) is 0 Å². The highest BCUT2D eigenvalue weighted by Gasteiger charge is 2.21. The monoisotopic (exact) mass is 264 g/mol. The van der Waals surface area contributed by atoms with Crippen LogP contribution in [0.5, 0.6) is 0 Å². The lowest BCUT2D eigenvalue weighted by Gasteiger charge is -2.23. The minimum Gasteiger partial charge on any atom is -0.330 e. The second-order valence-corrected chi connectivity index (χ2v) is 6.17. The standard InChI is InChI=1S/C15H28N4/c1-11(2)15-17-13-10-16-7-6-14(13)19(15)9-8-18(5)12(3)4/h11-12,16H,6-10H2,1-5H3. The zero-order valence-electron chi connectivity index (χ0n) is 13.0. The van der Waals surface area contributed by atoms with Crippen molar-refractivity contribution in [2.75, 3.05) is 20.1 Å². The number of hydrogen-bond acceptors (Lipinski definition) is 3. The number of nitrogens with zero attached hydrogens (tertiary/aromatic N) is 3. The van der Waals surface area contributed by atoms with Crippen molar-refractivity contribution in [2.24, 2.45) is 0 Å². The molecule has 2 heterocycles. The van der Waals surface area contributed by atoms with Gasteiger partial charge in [0.05, 0.1) is 5.69 Å². The van der Waals surface area contributed by atoms with Gasteiger partial charge in [0.15, 0.2) is 0 Å². The number of hydrogen-bond donors (Lipinski definition) is 1. The van der Waals surface area contributed by atoms with Crippen molar-refractivity contribution >= 4 is 0 Å². The molecule has 0 atom stereocenters. The first-order valence-corrected chi connectivity index (χ1v) is 7.49. The predicted molar refractivity (Wildman–Crippen MR) is 79.5 cm³/mol. The van der Waals surface area contributed by atoms with Gasteiger partial charge >= 0.3 is 0 Å². The van der Waals surface area contributed by atoms with Crippen molar-refractivity contribution in [3.8, 4) is 0 Å². The third-order valence-corrected chi connectivity index (χ3v) is 4.09. The van der Waals surface area contributed by atoms with Crippen molar-refractivity contribution in [3.05, 3.63) is 17.2 Å². The lowest BCUT2D eigenvalue weighted by atomic mass is 10.2. The zero-order valence-corrected chi connectivity index (χ0v) is 13.0.